The second-order valence-electron chi connectivity index (χ2n) is 6.91. The number of aromatic nitrogens is 1. The molecule has 2 amide bonds. The molecule has 2 N–H and O–H groups in total. The van der Waals surface area contributed by atoms with Gasteiger partial charge in [-0.15, -0.1) is 0 Å². The fourth-order valence-electron chi connectivity index (χ4n) is 3.66. The van der Waals surface area contributed by atoms with Crippen LogP contribution in [0.25, 0.3) is 10.9 Å². The topological polar surface area (TPSA) is 65.2 Å². The predicted octanol–water partition coefficient (Wildman–Crippen LogP) is 3.19. The highest BCUT2D eigenvalue weighted by Gasteiger charge is 2.39. The van der Waals surface area contributed by atoms with Crippen molar-refractivity contribution in [3.8, 4) is 0 Å². The van der Waals surface area contributed by atoms with Crippen LogP contribution in [-0.2, 0) is 22.4 Å². The highest BCUT2D eigenvalue weighted by Crippen LogP contribution is 2.24. The minimum Gasteiger partial charge on any atom is -0.361 e. The molecule has 1 unspecified atom stereocenters. The number of carbonyl (C=O) groups excluding carboxylic acids is 2. The molecule has 1 fully saturated rings. The number of benzene rings is 2. The van der Waals surface area contributed by atoms with Crippen LogP contribution >= 0.6 is 0 Å². The Hall–Kier alpha value is -2.92. The van der Waals surface area contributed by atoms with E-state index in [1.807, 2.05) is 48.7 Å². The molecular weight excluding hydrogens is 338 g/mol. The molecule has 0 aliphatic carbocycles. The molecular formula is C22H23N3O2. The summed E-state index contributed by atoms with van der Waals surface area (Å²) in [5, 5.41) is 4.46. The van der Waals surface area contributed by atoms with Crippen LogP contribution < -0.4 is 10.2 Å². The van der Waals surface area contributed by atoms with Crippen molar-refractivity contribution in [3.63, 3.8) is 0 Å². The summed E-state index contributed by atoms with van der Waals surface area (Å²) >= 11 is 0. The lowest BCUT2D eigenvalue weighted by molar-refractivity contribution is -0.121. The molecule has 1 aliphatic heterocycles. The van der Waals surface area contributed by atoms with Gasteiger partial charge >= 0.3 is 0 Å². The van der Waals surface area contributed by atoms with Gasteiger partial charge in [0, 0.05) is 23.6 Å². The average Bonchev–Trinajstić information content (AvgIpc) is 3.23. The van der Waals surface area contributed by atoms with Crippen molar-refractivity contribution in [2.24, 2.45) is 0 Å². The Kier molecular flexibility index (Phi) is 4.77. The van der Waals surface area contributed by atoms with Gasteiger partial charge in [0.2, 0.25) is 5.91 Å². The summed E-state index contributed by atoms with van der Waals surface area (Å²) in [5.74, 6) is -0.308. The van der Waals surface area contributed by atoms with Crippen LogP contribution in [0, 0.1) is 0 Å². The number of anilines is 1. The lowest BCUT2D eigenvalue weighted by Crippen LogP contribution is -2.39. The number of nitrogens with zero attached hydrogens (tertiary/aromatic N) is 1. The molecule has 138 valence electrons. The SMILES string of the molecule is CCc1ccc(N2C(=O)CC(NCCc3c[nH]c4ccccc34)C2=O)cc1. The van der Waals surface area contributed by atoms with Gasteiger partial charge in [-0.3, -0.25) is 9.59 Å². The zero-order chi connectivity index (χ0) is 18.8. The fourth-order valence-corrected chi connectivity index (χ4v) is 3.66. The molecule has 5 nitrogen and oxygen atoms in total. The monoisotopic (exact) mass is 361 g/mol. The van der Waals surface area contributed by atoms with E-state index in [9.17, 15) is 9.59 Å². The number of imide groups is 1. The highest BCUT2D eigenvalue weighted by molar-refractivity contribution is 6.22. The van der Waals surface area contributed by atoms with Crippen molar-refractivity contribution in [3.05, 3.63) is 65.9 Å². The summed E-state index contributed by atoms with van der Waals surface area (Å²) in [4.78, 5) is 29.7. The Morgan fingerprint density at radius 3 is 2.67 bits per heavy atom. The third kappa shape index (κ3) is 3.38. The van der Waals surface area contributed by atoms with Gasteiger partial charge in [0.05, 0.1) is 18.2 Å². The number of fused-ring (bicyclic) bond motifs is 1. The van der Waals surface area contributed by atoms with E-state index < -0.39 is 6.04 Å². The number of carbonyl (C=O) groups is 2. The second kappa shape index (κ2) is 7.37. The van der Waals surface area contributed by atoms with E-state index in [0.29, 0.717) is 12.2 Å². The van der Waals surface area contributed by atoms with Crippen molar-refractivity contribution < 1.29 is 9.59 Å². The van der Waals surface area contributed by atoms with Gasteiger partial charge in [-0.1, -0.05) is 37.3 Å². The minimum atomic E-state index is -0.450. The molecule has 1 aromatic heterocycles. The predicted molar refractivity (Wildman–Crippen MR) is 107 cm³/mol. The van der Waals surface area contributed by atoms with Crippen LogP contribution in [0.5, 0.6) is 0 Å². The summed E-state index contributed by atoms with van der Waals surface area (Å²) in [6, 6.07) is 15.3. The molecule has 27 heavy (non-hydrogen) atoms. The molecule has 1 aliphatic rings. The van der Waals surface area contributed by atoms with E-state index >= 15 is 0 Å². The molecule has 2 heterocycles. The van der Waals surface area contributed by atoms with Crippen LogP contribution in [0.3, 0.4) is 0 Å². The highest BCUT2D eigenvalue weighted by atomic mass is 16.2. The number of amides is 2. The van der Waals surface area contributed by atoms with Crippen molar-refractivity contribution in [2.75, 3.05) is 11.4 Å². The van der Waals surface area contributed by atoms with Crippen LogP contribution in [0.2, 0.25) is 0 Å². The second-order valence-corrected chi connectivity index (χ2v) is 6.91. The number of para-hydroxylation sites is 1. The molecule has 4 rings (SSSR count). The Balaban J connectivity index is 1.40. The number of H-pyrrole nitrogens is 1. The normalized spacial score (nSPS) is 17.2. The van der Waals surface area contributed by atoms with Crippen LogP contribution in [0.4, 0.5) is 5.69 Å². The standard InChI is InChI=1S/C22H23N3O2/c1-2-15-7-9-17(10-8-15)25-21(26)13-20(22(25)27)23-12-11-16-14-24-19-6-4-3-5-18(16)19/h3-10,14,20,23-24H,2,11-13H2,1H3. The Bertz CT molecular complexity index is 975. The van der Waals surface area contributed by atoms with Crippen molar-refractivity contribution in [1.82, 2.24) is 10.3 Å². The maximum Gasteiger partial charge on any atom is 0.251 e. The molecule has 2 aromatic carbocycles. The summed E-state index contributed by atoms with van der Waals surface area (Å²) in [5.41, 5.74) is 4.16. The molecule has 0 spiro atoms. The van der Waals surface area contributed by atoms with Crippen molar-refractivity contribution >= 4 is 28.4 Å². The van der Waals surface area contributed by atoms with Crippen molar-refractivity contribution in [2.45, 2.75) is 32.2 Å². The van der Waals surface area contributed by atoms with Gasteiger partial charge in [0.1, 0.15) is 0 Å². The van der Waals surface area contributed by atoms with Gasteiger partial charge in [-0.25, -0.2) is 4.90 Å². The van der Waals surface area contributed by atoms with Gasteiger partial charge in [0.25, 0.3) is 5.91 Å². The van der Waals surface area contributed by atoms with E-state index in [-0.39, 0.29) is 18.2 Å². The Labute approximate surface area is 158 Å². The lowest BCUT2D eigenvalue weighted by atomic mass is 10.1. The number of nitrogens with one attached hydrogen (secondary N) is 2. The summed E-state index contributed by atoms with van der Waals surface area (Å²) in [6.07, 6.45) is 3.95. The average molecular weight is 361 g/mol. The number of hydrogen-bond donors (Lipinski definition) is 2. The molecule has 1 saturated heterocycles. The summed E-state index contributed by atoms with van der Waals surface area (Å²) in [6.45, 7) is 2.73. The zero-order valence-corrected chi connectivity index (χ0v) is 15.4. The fraction of sp³-hybridized carbons (Fsp3) is 0.273. The number of rotatable bonds is 6. The number of hydrogen-bond acceptors (Lipinski definition) is 3. The van der Waals surface area contributed by atoms with E-state index in [4.69, 9.17) is 0 Å². The van der Waals surface area contributed by atoms with Crippen molar-refractivity contribution in [1.29, 1.82) is 0 Å². The Morgan fingerprint density at radius 2 is 1.89 bits per heavy atom. The third-order valence-electron chi connectivity index (χ3n) is 5.21. The maximum absolute atomic E-state index is 12.7. The lowest BCUT2D eigenvalue weighted by Gasteiger charge is -2.16. The van der Waals surface area contributed by atoms with E-state index in [1.165, 1.54) is 21.4 Å². The maximum atomic E-state index is 12.7. The molecule has 1 atom stereocenters. The quantitative estimate of drug-likeness (QED) is 0.663. The molecule has 3 aromatic rings. The Morgan fingerprint density at radius 1 is 1.11 bits per heavy atom. The van der Waals surface area contributed by atoms with Crippen LogP contribution in [0.15, 0.2) is 54.7 Å². The first-order chi connectivity index (χ1) is 13.2. The van der Waals surface area contributed by atoms with E-state index in [2.05, 4.69) is 23.3 Å². The number of aromatic amines is 1. The van der Waals surface area contributed by atoms with Gasteiger partial charge in [0.15, 0.2) is 0 Å². The van der Waals surface area contributed by atoms with Gasteiger partial charge in [-0.2, -0.15) is 0 Å². The zero-order valence-electron chi connectivity index (χ0n) is 15.4. The smallest absolute Gasteiger partial charge is 0.251 e. The first kappa shape index (κ1) is 17.5. The van der Waals surface area contributed by atoms with E-state index in [0.717, 1.165) is 18.4 Å². The van der Waals surface area contributed by atoms with E-state index in [1.54, 1.807) is 0 Å². The third-order valence-corrected chi connectivity index (χ3v) is 5.21. The van der Waals surface area contributed by atoms with Crippen LogP contribution in [-0.4, -0.2) is 29.4 Å². The first-order valence-corrected chi connectivity index (χ1v) is 9.41. The number of aryl methyl sites for hydroxylation is 1. The molecule has 0 bridgehead atoms. The van der Waals surface area contributed by atoms with Gasteiger partial charge in [-0.05, 0) is 42.2 Å². The first-order valence-electron chi connectivity index (χ1n) is 9.41. The summed E-state index contributed by atoms with van der Waals surface area (Å²) < 4.78 is 0. The molecule has 5 heteroatoms. The molecule has 0 radical (unpaired) electrons. The summed E-state index contributed by atoms with van der Waals surface area (Å²) in [7, 11) is 0. The largest absolute Gasteiger partial charge is 0.361 e. The minimum absolute atomic E-state index is 0.145. The molecule has 0 saturated carbocycles. The van der Waals surface area contributed by atoms with Gasteiger partial charge < -0.3 is 10.3 Å². The van der Waals surface area contributed by atoms with Crippen LogP contribution in [0.1, 0.15) is 24.5 Å².